The predicted molar refractivity (Wildman–Crippen MR) is 81.9 cm³/mol. The van der Waals surface area contributed by atoms with Gasteiger partial charge in [0, 0.05) is 31.9 Å². The molecule has 0 unspecified atom stereocenters. The highest BCUT2D eigenvalue weighted by atomic mass is 16.2. The van der Waals surface area contributed by atoms with Crippen molar-refractivity contribution in [2.45, 2.75) is 32.2 Å². The number of nitrogens with zero attached hydrogens (tertiary/aromatic N) is 3. The molecule has 0 spiro atoms. The van der Waals surface area contributed by atoms with E-state index < -0.39 is 0 Å². The molecule has 2 rings (SSSR count). The molecule has 20 heavy (non-hydrogen) atoms. The quantitative estimate of drug-likeness (QED) is 0.827. The normalized spacial score (nSPS) is 14.8. The summed E-state index contributed by atoms with van der Waals surface area (Å²) in [5.74, 6) is 0.109. The summed E-state index contributed by atoms with van der Waals surface area (Å²) in [6.07, 6.45) is 5.18. The molecule has 112 valence electrons. The van der Waals surface area contributed by atoms with Crippen molar-refractivity contribution in [3.05, 3.63) is 18.0 Å². The first-order valence-corrected chi connectivity index (χ1v) is 7.44. The molecule has 1 aliphatic rings. The van der Waals surface area contributed by atoms with E-state index in [2.05, 4.69) is 16.4 Å². The van der Waals surface area contributed by atoms with Gasteiger partial charge in [0.15, 0.2) is 0 Å². The Bertz CT molecular complexity index is 462. The van der Waals surface area contributed by atoms with Crippen molar-refractivity contribution in [3.63, 3.8) is 0 Å². The summed E-state index contributed by atoms with van der Waals surface area (Å²) in [6, 6.07) is 2.29. The van der Waals surface area contributed by atoms with Gasteiger partial charge in [-0.05, 0) is 39.4 Å². The highest BCUT2D eigenvalue weighted by Crippen LogP contribution is 2.37. The molecule has 1 saturated carbocycles. The molecule has 1 amide bonds. The maximum Gasteiger partial charge on any atom is 0.270 e. The van der Waals surface area contributed by atoms with Gasteiger partial charge in [0.2, 0.25) is 0 Å². The molecule has 5 nitrogen and oxygen atoms in total. The minimum absolute atomic E-state index is 0.109. The number of carbonyl (C=O) groups is 1. The van der Waals surface area contributed by atoms with Gasteiger partial charge >= 0.3 is 0 Å². The van der Waals surface area contributed by atoms with Gasteiger partial charge in [0.25, 0.3) is 5.91 Å². The molecule has 1 aromatic heterocycles. The van der Waals surface area contributed by atoms with Gasteiger partial charge in [-0.1, -0.05) is 6.92 Å². The van der Waals surface area contributed by atoms with Crippen LogP contribution in [0.3, 0.4) is 0 Å². The van der Waals surface area contributed by atoms with Gasteiger partial charge in [-0.25, -0.2) is 0 Å². The van der Waals surface area contributed by atoms with Crippen LogP contribution in [0.1, 0.15) is 42.7 Å². The molecule has 0 saturated heterocycles. The van der Waals surface area contributed by atoms with Crippen LogP contribution in [0, 0.1) is 0 Å². The summed E-state index contributed by atoms with van der Waals surface area (Å²) >= 11 is 0. The van der Waals surface area contributed by atoms with E-state index in [1.807, 2.05) is 31.3 Å². The summed E-state index contributed by atoms with van der Waals surface area (Å²) in [5.41, 5.74) is 7.31. The van der Waals surface area contributed by atoms with E-state index in [-0.39, 0.29) is 5.91 Å². The lowest BCUT2D eigenvalue weighted by atomic mass is 10.3. The lowest BCUT2D eigenvalue weighted by Gasteiger charge is -2.24. The second-order valence-corrected chi connectivity index (χ2v) is 5.89. The van der Waals surface area contributed by atoms with Crippen molar-refractivity contribution in [1.29, 1.82) is 0 Å². The number of nitrogen functional groups attached to an aromatic ring is 1. The van der Waals surface area contributed by atoms with Gasteiger partial charge in [-0.3, -0.25) is 4.79 Å². The van der Waals surface area contributed by atoms with E-state index in [4.69, 9.17) is 5.73 Å². The van der Waals surface area contributed by atoms with Crippen molar-refractivity contribution in [3.8, 4) is 0 Å². The Balaban J connectivity index is 2.13. The summed E-state index contributed by atoms with van der Waals surface area (Å²) in [6.45, 7) is 4.54. The zero-order valence-electron chi connectivity index (χ0n) is 12.8. The molecular formula is C15H26N4O. The zero-order valence-corrected chi connectivity index (χ0v) is 12.8. The third-order valence-corrected chi connectivity index (χ3v) is 3.63. The smallest absolute Gasteiger partial charge is 0.270 e. The molecule has 0 radical (unpaired) electrons. The number of anilines is 1. The molecule has 0 bridgehead atoms. The van der Waals surface area contributed by atoms with Crippen LogP contribution in [0.5, 0.6) is 0 Å². The number of aromatic nitrogens is 1. The third-order valence-electron chi connectivity index (χ3n) is 3.63. The fourth-order valence-electron chi connectivity index (χ4n) is 2.39. The van der Waals surface area contributed by atoms with Crippen LogP contribution in [-0.2, 0) is 0 Å². The van der Waals surface area contributed by atoms with Crippen molar-refractivity contribution in [2.75, 3.05) is 39.5 Å². The third kappa shape index (κ3) is 3.54. The van der Waals surface area contributed by atoms with E-state index in [1.165, 1.54) is 0 Å². The lowest BCUT2D eigenvalue weighted by molar-refractivity contribution is 0.0734. The standard InChI is InChI=1S/C15H26N4O/c1-4-7-18(9-8-17(2)3)15(20)14-10-12(16)11-19(14)13-5-6-13/h10-11,13H,4-9,16H2,1-3H3. The highest BCUT2D eigenvalue weighted by molar-refractivity contribution is 5.94. The number of amides is 1. The molecule has 0 aliphatic heterocycles. The monoisotopic (exact) mass is 278 g/mol. The lowest BCUT2D eigenvalue weighted by Crippen LogP contribution is -2.38. The molecule has 1 aliphatic carbocycles. The van der Waals surface area contributed by atoms with Crippen molar-refractivity contribution in [1.82, 2.24) is 14.4 Å². The fraction of sp³-hybridized carbons (Fsp3) is 0.667. The Hall–Kier alpha value is -1.49. The molecule has 1 fully saturated rings. The Morgan fingerprint density at radius 1 is 1.35 bits per heavy atom. The second kappa shape index (κ2) is 6.31. The maximum atomic E-state index is 12.7. The average molecular weight is 278 g/mol. The molecule has 1 aromatic rings. The van der Waals surface area contributed by atoms with Crippen LogP contribution in [0.15, 0.2) is 12.3 Å². The first-order valence-electron chi connectivity index (χ1n) is 7.44. The van der Waals surface area contributed by atoms with Crippen LogP contribution in [0.2, 0.25) is 0 Å². The maximum absolute atomic E-state index is 12.7. The minimum atomic E-state index is 0.109. The Morgan fingerprint density at radius 3 is 2.60 bits per heavy atom. The number of hydrogen-bond acceptors (Lipinski definition) is 3. The number of rotatable bonds is 7. The molecule has 0 atom stereocenters. The molecule has 5 heteroatoms. The van der Waals surface area contributed by atoms with Gasteiger partial charge in [0.1, 0.15) is 5.69 Å². The predicted octanol–water partition coefficient (Wildman–Crippen LogP) is 1.82. The van der Waals surface area contributed by atoms with E-state index in [0.29, 0.717) is 11.7 Å². The van der Waals surface area contributed by atoms with Crippen molar-refractivity contribution >= 4 is 11.6 Å². The number of hydrogen-bond donors (Lipinski definition) is 1. The Kier molecular flexibility index (Phi) is 4.70. The molecular weight excluding hydrogens is 252 g/mol. The van der Waals surface area contributed by atoms with Crippen molar-refractivity contribution < 1.29 is 4.79 Å². The topological polar surface area (TPSA) is 54.5 Å². The van der Waals surface area contributed by atoms with Gasteiger partial charge in [0.05, 0.1) is 5.69 Å². The van der Waals surface area contributed by atoms with Gasteiger partial charge in [-0.2, -0.15) is 0 Å². The summed E-state index contributed by atoms with van der Waals surface area (Å²) in [4.78, 5) is 16.8. The summed E-state index contributed by atoms with van der Waals surface area (Å²) in [7, 11) is 4.05. The largest absolute Gasteiger partial charge is 0.397 e. The summed E-state index contributed by atoms with van der Waals surface area (Å²) < 4.78 is 2.07. The van der Waals surface area contributed by atoms with E-state index in [9.17, 15) is 4.79 Å². The highest BCUT2D eigenvalue weighted by Gasteiger charge is 2.29. The van der Waals surface area contributed by atoms with Crippen LogP contribution in [0.4, 0.5) is 5.69 Å². The Labute approximate surface area is 121 Å². The van der Waals surface area contributed by atoms with Crippen LogP contribution < -0.4 is 5.73 Å². The average Bonchev–Trinajstić information content (AvgIpc) is 3.16. The molecule has 2 N–H and O–H groups in total. The zero-order chi connectivity index (χ0) is 14.7. The van der Waals surface area contributed by atoms with E-state index >= 15 is 0 Å². The van der Waals surface area contributed by atoms with Crippen LogP contribution >= 0.6 is 0 Å². The SMILES string of the molecule is CCCN(CCN(C)C)C(=O)c1cc(N)cn1C1CC1. The number of carbonyl (C=O) groups excluding carboxylic acids is 1. The Morgan fingerprint density at radius 2 is 2.05 bits per heavy atom. The van der Waals surface area contributed by atoms with Gasteiger partial charge < -0.3 is 20.1 Å². The number of likely N-dealkylation sites (N-methyl/N-ethyl adjacent to an activating group) is 1. The second-order valence-electron chi connectivity index (χ2n) is 5.89. The van der Waals surface area contributed by atoms with Crippen LogP contribution in [0.25, 0.3) is 0 Å². The molecule has 1 heterocycles. The van der Waals surface area contributed by atoms with Crippen LogP contribution in [-0.4, -0.2) is 54.0 Å². The van der Waals surface area contributed by atoms with E-state index in [1.54, 1.807) is 0 Å². The van der Waals surface area contributed by atoms with Crippen molar-refractivity contribution in [2.24, 2.45) is 0 Å². The summed E-state index contributed by atoms with van der Waals surface area (Å²) in [5, 5.41) is 0. The fourth-order valence-corrected chi connectivity index (χ4v) is 2.39. The first kappa shape index (κ1) is 14.9. The number of nitrogens with two attached hydrogens (primary N) is 1. The first-order chi connectivity index (χ1) is 9.52. The molecule has 0 aromatic carbocycles. The minimum Gasteiger partial charge on any atom is -0.397 e. The van der Waals surface area contributed by atoms with Gasteiger partial charge in [-0.15, -0.1) is 0 Å². The van der Waals surface area contributed by atoms with E-state index in [0.717, 1.165) is 44.6 Å².